The fourth-order valence-electron chi connectivity index (χ4n) is 4.15. The number of nitrogens with two attached hydrogens (primary N) is 1. The van der Waals surface area contributed by atoms with E-state index in [9.17, 15) is 13.2 Å². The first-order valence-corrected chi connectivity index (χ1v) is 12.4. The van der Waals surface area contributed by atoms with Crippen LogP contribution in [0.4, 0.5) is 5.69 Å². The van der Waals surface area contributed by atoms with Crippen LogP contribution in [0.1, 0.15) is 5.56 Å². The summed E-state index contributed by atoms with van der Waals surface area (Å²) in [5.74, 6) is 0.0528. The summed E-state index contributed by atoms with van der Waals surface area (Å²) < 4.78 is 23.5. The maximum absolute atomic E-state index is 12.9. The van der Waals surface area contributed by atoms with Crippen molar-refractivity contribution in [2.45, 2.75) is 11.4 Å². The molecule has 3 heterocycles. The molecule has 0 atom stereocenters. The molecule has 8 nitrogen and oxygen atoms in total. The van der Waals surface area contributed by atoms with Gasteiger partial charge in [-0.25, -0.2) is 18.5 Å². The van der Waals surface area contributed by atoms with Gasteiger partial charge in [0.15, 0.2) is 0 Å². The Morgan fingerprint density at radius 3 is 2.53 bits per heavy atom. The molecular weight excluding hydrogens is 450 g/mol. The minimum atomic E-state index is -3.83. The summed E-state index contributed by atoms with van der Waals surface area (Å²) in [5.41, 5.74) is 4.51. The molecular formula is C25H23N5O3S. The molecule has 1 aliphatic heterocycles. The summed E-state index contributed by atoms with van der Waals surface area (Å²) in [6, 6.07) is 21.8. The summed E-state index contributed by atoms with van der Waals surface area (Å²) in [6.07, 6.45) is 1.71. The van der Waals surface area contributed by atoms with Crippen molar-refractivity contribution in [3.05, 3.63) is 84.6 Å². The second-order valence-electron chi connectivity index (χ2n) is 8.19. The number of sulfonamides is 1. The summed E-state index contributed by atoms with van der Waals surface area (Å²) in [7, 11) is -3.83. The lowest BCUT2D eigenvalue weighted by Gasteiger charge is -2.36. The molecule has 34 heavy (non-hydrogen) atoms. The van der Waals surface area contributed by atoms with E-state index in [1.54, 1.807) is 24.4 Å². The number of rotatable bonds is 5. The first-order chi connectivity index (χ1) is 16.4. The molecule has 0 spiro atoms. The van der Waals surface area contributed by atoms with E-state index in [-0.39, 0.29) is 17.3 Å². The lowest BCUT2D eigenvalue weighted by atomic mass is 10.1. The predicted octanol–water partition coefficient (Wildman–Crippen LogP) is 2.79. The largest absolute Gasteiger partial charge is 0.359 e. The van der Waals surface area contributed by atoms with Gasteiger partial charge in [-0.2, -0.15) is 0 Å². The molecule has 0 radical (unpaired) electrons. The topological polar surface area (TPSA) is 109 Å². The number of hydrogen-bond acceptors (Lipinski definition) is 6. The molecule has 0 aliphatic carbocycles. The Balaban J connectivity index is 1.44. The number of pyridine rings is 2. The van der Waals surface area contributed by atoms with Crippen LogP contribution in [0.15, 0.2) is 83.9 Å². The first kappa shape index (κ1) is 22.0. The van der Waals surface area contributed by atoms with Gasteiger partial charge >= 0.3 is 0 Å². The molecule has 2 aromatic carbocycles. The molecule has 0 saturated carbocycles. The molecule has 4 aromatic rings. The average Bonchev–Trinajstić information content (AvgIpc) is 2.85. The van der Waals surface area contributed by atoms with E-state index < -0.39 is 10.0 Å². The third-order valence-electron chi connectivity index (χ3n) is 5.90. The van der Waals surface area contributed by atoms with Crippen molar-refractivity contribution >= 4 is 32.7 Å². The van der Waals surface area contributed by atoms with E-state index in [0.717, 1.165) is 11.3 Å². The quantitative estimate of drug-likeness (QED) is 0.477. The number of carbonyl (C=O) groups excluding carboxylic acids is 1. The fourth-order valence-corrected chi connectivity index (χ4v) is 4.70. The van der Waals surface area contributed by atoms with Gasteiger partial charge in [-0.15, -0.1) is 0 Å². The van der Waals surface area contributed by atoms with Gasteiger partial charge in [-0.1, -0.05) is 42.5 Å². The number of piperazine rings is 1. The Hall–Kier alpha value is -3.82. The van der Waals surface area contributed by atoms with Crippen molar-refractivity contribution < 1.29 is 13.2 Å². The van der Waals surface area contributed by atoms with Crippen LogP contribution >= 0.6 is 0 Å². The smallest absolute Gasteiger partial charge is 0.242 e. The van der Waals surface area contributed by atoms with Crippen molar-refractivity contribution in [1.29, 1.82) is 0 Å². The number of anilines is 1. The van der Waals surface area contributed by atoms with Gasteiger partial charge in [-0.05, 0) is 35.9 Å². The van der Waals surface area contributed by atoms with E-state index in [2.05, 4.69) is 4.98 Å². The molecule has 2 aromatic heterocycles. The molecule has 2 N–H and O–H groups in total. The van der Waals surface area contributed by atoms with Gasteiger partial charge < -0.3 is 9.80 Å². The highest BCUT2D eigenvalue weighted by Crippen LogP contribution is 2.29. The zero-order valence-corrected chi connectivity index (χ0v) is 19.1. The molecule has 9 heteroatoms. The van der Waals surface area contributed by atoms with Gasteiger partial charge in [0, 0.05) is 31.4 Å². The molecule has 1 aliphatic rings. The minimum absolute atomic E-state index is 0.0263. The van der Waals surface area contributed by atoms with Crippen LogP contribution in [0.25, 0.3) is 22.3 Å². The maximum Gasteiger partial charge on any atom is 0.242 e. The van der Waals surface area contributed by atoms with Gasteiger partial charge in [0.05, 0.1) is 28.3 Å². The van der Waals surface area contributed by atoms with Crippen molar-refractivity contribution in [2.24, 2.45) is 5.14 Å². The van der Waals surface area contributed by atoms with Crippen LogP contribution in [-0.4, -0.2) is 48.8 Å². The standard InChI is InChI=1S/C25H23N5O3S/c26-34(32,33)20-8-4-7-19(15-20)21-9-10-22-25(28-21)23(11-12-27-22)29-13-14-30(24(31)17-29)16-18-5-2-1-3-6-18/h1-12,15H,13-14,16-17H2,(H2,26,32,33). The number of amides is 1. The third-order valence-corrected chi connectivity index (χ3v) is 6.81. The Kier molecular flexibility index (Phi) is 5.72. The fraction of sp³-hybridized carbons (Fsp3) is 0.160. The average molecular weight is 474 g/mol. The second-order valence-corrected chi connectivity index (χ2v) is 9.75. The van der Waals surface area contributed by atoms with Gasteiger partial charge in [0.1, 0.15) is 5.52 Å². The Labute approximate surface area is 197 Å². The highest BCUT2D eigenvalue weighted by molar-refractivity contribution is 7.89. The first-order valence-electron chi connectivity index (χ1n) is 10.8. The molecule has 5 rings (SSSR count). The van der Waals surface area contributed by atoms with E-state index in [1.165, 1.54) is 12.1 Å². The van der Waals surface area contributed by atoms with Crippen molar-refractivity contribution in [3.8, 4) is 11.3 Å². The number of carbonyl (C=O) groups is 1. The second kappa shape index (κ2) is 8.85. The van der Waals surface area contributed by atoms with E-state index >= 15 is 0 Å². The highest BCUT2D eigenvalue weighted by atomic mass is 32.2. The predicted molar refractivity (Wildman–Crippen MR) is 130 cm³/mol. The zero-order chi connectivity index (χ0) is 23.7. The Morgan fingerprint density at radius 1 is 0.941 bits per heavy atom. The number of benzene rings is 2. The van der Waals surface area contributed by atoms with Crippen molar-refractivity contribution in [3.63, 3.8) is 0 Å². The number of nitrogens with zero attached hydrogens (tertiary/aromatic N) is 4. The Morgan fingerprint density at radius 2 is 1.76 bits per heavy atom. The molecule has 0 unspecified atom stereocenters. The van der Waals surface area contributed by atoms with Gasteiger partial charge in [-0.3, -0.25) is 9.78 Å². The van der Waals surface area contributed by atoms with Gasteiger partial charge in [0.2, 0.25) is 15.9 Å². The summed E-state index contributed by atoms with van der Waals surface area (Å²) >= 11 is 0. The van der Waals surface area contributed by atoms with Crippen molar-refractivity contribution in [1.82, 2.24) is 14.9 Å². The molecule has 0 bridgehead atoms. The summed E-state index contributed by atoms with van der Waals surface area (Å²) in [4.78, 5) is 26.0. The molecule has 172 valence electrons. The lowest BCUT2D eigenvalue weighted by Crippen LogP contribution is -2.50. The molecule has 1 fully saturated rings. The zero-order valence-electron chi connectivity index (χ0n) is 18.3. The Bertz CT molecular complexity index is 1470. The number of fused-ring (bicyclic) bond motifs is 1. The van der Waals surface area contributed by atoms with E-state index in [1.807, 2.05) is 52.3 Å². The van der Waals surface area contributed by atoms with E-state index in [4.69, 9.17) is 10.1 Å². The van der Waals surface area contributed by atoms with Crippen LogP contribution in [-0.2, 0) is 21.4 Å². The molecule has 1 amide bonds. The lowest BCUT2D eigenvalue weighted by molar-refractivity contribution is -0.131. The van der Waals surface area contributed by atoms with Crippen LogP contribution in [0.2, 0.25) is 0 Å². The molecule has 1 saturated heterocycles. The van der Waals surface area contributed by atoms with Crippen LogP contribution in [0.5, 0.6) is 0 Å². The highest BCUT2D eigenvalue weighted by Gasteiger charge is 2.25. The number of primary sulfonamides is 1. The number of hydrogen-bond donors (Lipinski definition) is 1. The van der Waals surface area contributed by atoms with Crippen LogP contribution in [0, 0.1) is 0 Å². The van der Waals surface area contributed by atoms with Crippen LogP contribution < -0.4 is 10.0 Å². The minimum Gasteiger partial charge on any atom is -0.359 e. The normalized spacial score (nSPS) is 14.6. The summed E-state index contributed by atoms with van der Waals surface area (Å²) in [5, 5.41) is 5.29. The maximum atomic E-state index is 12.9. The van der Waals surface area contributed by atoms with Crippen molar-refractivity contribution in [2.75, 3.05) is 24.5 Å². The van der Waals surface area contributed by atoms with E-state index in [0.29, 0.717) is 41.9 Å². The number of aromatic nitrogens is 2. The monoisotopic (exact) mass is 473 g/mol. The van der Waals surface area contributed by atoms with Gasteiger partial charge in [0.25, 0.3) is 0 Å². The SMILES string of the molecule is NS(=O)(=O)c1cccc(-c2ccc3nccc(N4CCN(Cc5ccccc5)C(=O)C4)c3n2)c1. The summed E-state index contributed by atoms with van der Waals surface area (Å²) in [6.45, 7) is 2.12. The third kappa shape index (κ3) is 4.48. The van der Waals surface area contributed by atoms with Crippen LogP contribution in [0.3, 0.4) is 0 Å².